The van der Waals surface area contributed by atoms with Crippen molar-refractivity contribution >= 4 is 39.5 Å². The van der Waals surface area contributed by atoms with Gasteiger partial charge in [0, 0.05) is 25.7 Å². The molecular formula is C79H154O17P2. The first-order chi connectivity index (χ1) is 47.1. The Hall–Kier alpha value is -1.94. The summed E-state index contributed by atoms with van der Waals surface area (Å²) in [6.45, 7) is 14.3. The Morgan fingerprint density at radius 2 is 0.490 bits per heavy atom. The Kier molecular flexibility index (Phi) is 66.8. The van der Waals surface area contributed by atoms with Gasteiger partial charge in [-0.25, -0.2) is 9.13 Å². The second-order valence-electron chi connectivity index (χ2n) is 30.1. The van der Waals surface area contributed by atoms with Gasteiger partial charge in [0.25, 0.3) is 0 Å². The standard InChI is InChI=1S/C79H154O17P2/c1-9-72(8)58-50-42-34-26-20-21-29-38-46-54-62-79(84)96-75(66-90-77(82)60-52-44-36-30-22-25-33-41-49-57-71(6)7)68-94-98(87,88)92-64-73(80)63-91-97(85,86)93-67-74(95-78(83)61-53-45-37-28-19-15-11-13-17-24-32-40-48-56-70(4)5)65-89-76(81)59-51-43-35-27-18-14-10-12-16-23-31-39-47-55-69(2)3/h69-75,80H,9-68H2,1-8H3,(H,85,86)(H,87,88)/t72?,73-,74-,75-/m1/s1. The third kappa shape index (κ3) is 71.1. The van der Waals surface area contributed by atoms with Crippen LogP contribution >= 0.6 is 15.6 Å². The van der Waals surface area contributed by atoms with Crippen molar-refractivity contribution in [1.82, 2.24) is 0 Å². The van der Waals surface area contributed by atoms with Gasteiger partial charge in [0.1, 0.15) is 19.3 Å². The quantitative estimate of drug-likeness (QED) is 0.0222. The molecule has 0 amide bonds. The van der Waals surface area contributed by atoms with Gasteiger partial charge < -0.3 is 33.8 Å². The van der Waals surface area contributed by atoms with Crippen LogP contribution in [0.15, 0.2) is 0 Å². The molecule has 3 N–H and O–H groups in total. The van der Waals surface area contributed by atoms with E-state index >= 15 is 0 Å². The van der Waals surface area contributed by atoms with Gasteiger partial charge in [0.05, 0.1) is 26.4 Å². The molecule has 0 saturated heterocycles. The van der Waals surface area contributed by atoms with E-state index < -0.39 is 97.5 Å². The molecule has 0 aliphatic rings. The molecule has 0 aromatic carbocycles. The summed E-state index contributed by atoms with van der Waals surface area (Å²) < 4.78 is 68.7. The van der Waals surface area contributed by atoms with Crippen molar-refractivity contribution in [2.75, 3.05) is 39.6 Å². The molecule has 0 fully saturated rings. The Morgan fingerprint density at radius 1 is 0.286 bits per heavy atom. The summed E-state index contributed by atoms with van der Waals surface area (Å²) in [6, 6.07) is 0. The number of carbonyl (C=O) groups excluding carboxylic acids is 4. The van der Waals surface area contributed by atoms with Crippen molar-refractivity contribution in [3.8, 4) is 0 Å². The molecule has 0 rings (SSSR count). The molecule has 0 aromatic rings. The van der Waals surface area contributed by atoms with Crippen LogP contribution in [0.4, 0.5) is 0 Å². The first-order valence-electron chi connectivity index (χ1n) is 40.7. The van der Waals surface area contributed by atoms with Crippen molar-refractivity contribution in [1.29, 1.82) is 0 Å². The molecule has 0 bridgehead atoms. The van der Waals surface area contributed by atoms with Crippen LogP contribution in [0.1, 0.15) is 402 Å². The molecule has 0 aliphatic heterocycles. The van der Waals surface area contributed by atoms with E-state index in [1.165, 1.54) is 205 Å². The molecule has 0 radical (unpaired) electrons. The zero-order chi connectivity index (χ0) is 72.4. The maximum absolute atomic E-state index is 13.1. The summed E-state index contributed by atoms with van der Waals surface area (Å²) in [5.41, 5.74) is 0. The first-order valence-corrected chi connectivity index (χ1v) is 43.7. The lowest BCUT2D eigenvalue weighted by molar-refractivity contribution is -0.161. The number of hydrogen-bond acceptors (Lipinski definition) is 15. The van der Waals surface area contributed by atoms with Gasteiger partial charge in [-0.3, -0.25) is 37.3 Å². The molecule has 98 heavy (non-hydrogen) atoms. The maximum atomic E-state index is 13.1. The molecule has 0 heterocycles. The fraction of sp³-hybridized carbons (Fsp3) is 0.949. The number of unbranched alkanes of at least 4 members (excludes halogenated alkanes) is 41. The van der Waals surface area contributed by atoms with Crippen LogP contribution in [-0.4, -0.2) is 96.7 Å². The van der Waals surface area contributed by atoms with E-state index in [2.05, 4.69) is 55.4 Å². The Morgan fingerprint density at radius 3 is 0.724 bits per heavy atom. The third-order valence-electron chi connectivity index (χ3n) is 18.7. The lowest BCUT2D eigenvalue weighted by Crippen LogP contribution is -2.30. The lowest BCUT2D eigenvalue weighted by Gasteiger charge is -2.21. The highest BCUT2D eigenvalue weighted by molar-refractivity contribution is 7.47. The normalized spacial score (nSPS) is 14.3. The summed E-state index contributed by atoms with van der Waals surface area (Å²) in [5.74, 6) is 1.01. The van der Waals surface area contributed by atoms with Crippen molar-refractivity contribution in [2.24, 2.45) is 23.7 Å². The van der Waals surface area contributed by atoms with E-state index in [9.17, 15) is 43.2 Å². The van der Waals surface area contributed by atoms with Gasteiger partial charge in [-0.15, -0.1) is 0 Å². The summed E-state index contributed by atoms with van der Waals surface area (Å²) >= 11 is 0. The Bertz CT molecular complexity index is 1920. The highest BCUT2D eigenvalue weighted by Gasteiger charge is 2.30. The van der Waals surface area contributed by atoms with E-state index in [0.717, 1.165) is 114 Å². The van der Waals surface area contributed by atoms with Gasteiger partial charge in [0.15, 0.2) is 12.2 Å². The molecule has 0 saturated carbocycles. The molecule has 19 heteroatoms. The van der Waals surface area contributed by atoms with Gasteiger partial charge >= 0.3 is 39.5 Å². The molecule has 582 valence electrons. The molecule has 0 aliphatic carbocycles. The summed E-state index contributed by atoms with van der Waals surface area (Å²) in [5, 5.41) is 10.6. The van der Waals surface area contributed by atoms with Crippen LogP contribution in [0.2, 0.25) is 0 Å². The highest BCUT2D eigenvalue weighted by atomic mass is 31.2. The Balaban J connectivity index is 5.28. The second-order valence-corrected chi connectivity index (χ2v) is 33.0. The number of hydrogen-bond donors (Lipinski definition) is 3. The molecule has 6 atom stereocenters. The van der Waals surface area contributed by atoms with Crippen LogP contribution in [0.3, 0.4) is 0 Å². The van der Waals surface area contributed by atoms with Gasteiger partial charge in [-0.1, -0.05) is 351 Å². The van der Waals surface area contributed by atoms with E-state index in [0.29, 0.717) is 25.7 Å². The van der Waals surface area contributed by atoms with E-state index in [1.807, 2.05) is 0 Å². The van der Waals surface area contributed by atoms with E-state index in [4.69, 9.17) is 37.0 Å². The highest BCUT2D eigenvalue weighted by Crippen LogP contribution is 2.45. The van der Waals surface area contributed by atoms with E-state index in [1.54, 1.807) is 0 Å². The van der Waals surface area contributed by atoms with Crippen molar-refractivity contribution < 1.29 is 80.2 Å². The Labute approximate surface area is 600 Å². The van der Waals surface area contributed by atoms with Gasteiger partial charge in [-0.2, -0.15) is 0 Å². The largest absolute Gasteiger partial charge is 0.472 e. The summed E-state index contributed by atoms with van der Waals surface area (Å²) in [6.07, 6.45) is 53.9. The predicted octanol–water partition coefficient (Wildman–Crippen LogP) is 23.2. The summed E-state index contributed by atoms with van der Waals surface area (Å²) in [4.78, 5) is 73.0. The maximum Gasteiger partial charge on any atom is 0.472 e. The molecule has 3 unspecified atom stereocenters. The van der Waals surface area contributed by atoms with Crippen LogP contribution < -0.4 is 0 Å². The number of esters is 4. The van der Waals surface area contributed by atoms with Crippen molar-refractivity contribution in [3.63, 3.8) is 0 Å². The van der Waals surface area contributed by atoms with Crippen LogP contribution in [0.5, 0.6) is 0 Å². The van der Waals surface area contributed by atoms with Crippen LogP contribution in [0, 0.1) is 23.7 Å². The minimum absolute atomic E-state index is 0.106. The first kappa shape index (κ1) is 96.1. The molecule has 17 nitrogen and oxygen atoms in total. The minimum atomic E-state index is -4.96. The van der Waals surface area contributed by atoms with Crippen LogP contribution in [0.25, 0.3) is 0 Å². The second kappa shape index (κ2) is 68.2. The number of rotatable bonds is 76. The smallest absolute Gasteiger partial charge is 0.462 e. The molecular weight excluding hydrogens is 1280 g/mol. The molecule has 0 spiro atoms. The lowest BCUT2D eigenvalue weighted by atomic mass is 9.99. The number of aliphatic hydroxyl groups is 1. The van der Waals surface area contributed by atoms with E-state index in [-0.39, 0.29) is 25.7 Å². The third-order valence-corrected chi connectivity index (χ3v) is 20.6. The fourth-order valence-electron chi connectivity index (χ4n) is 12.0. The van der Waals surface area contributed by atoms with Crippen molar-refractivity contribution in [2.45, 2.75) is 420 Å². The number of phosphoric ester groups is 2. The number of ether oxygens (including phenoxy) is 4. The topological polar surface area (TPSA) is 237 Å². The fourth-order valence-corrected chi connectivity index (χ4v) is 13.6. The van der Waals surface area contributed by atoms with Crippen LogP contribution in [-0.2, 0) is 65.4 Å². The zero-order valence-corrected chi connectivity index (χ0v) is 66.2. The predicted molar refractivity (Wildman–Crippen MR) is 400 cm³/mol. The molecule has 0 aromatic heterocycles. The minimum Gasteiger partial charge on any atom is -0.462 e. The summed E-state index contributed by atoms with van der Waals surface area (Å²) in [7, 11) is -9.92. The monoisotopic (exact) mass is 1440 g/mol. The van der Waals surface area contributed by atoms with Crippen molar-refractivity contribution in [3.05, 3.63) is 0 Å². The average molecular weight is 1440 g/mol. The van der Waals surface area contributed by atoms with Gasteiger partial charge in [-0.05, 0) is 49.4 Å². The number of phosphoric acid groups is 2. The average Bonchev–Trinajstić information content (AvgIpc) is 1.00. The zero-order valence-electron chi connectivity index (χ0n) is 64.4. The SMILES string of the molecule is CCC(C)CCCCCCCCCCCCC(=O)O[C@H](COC(=O)CCCCCCCCCCCC(C)C)COP(=O)(O)OC[C@H](O)COP(=O)(O)OC[C@@H](COC(=O)CCCCCCCCCCCCCCCC(C)C)OC(=O)CCCCCCCCCCCCCCCC(C)C. The van der Waals surface area contributed by atoms with Gasteiger partial charge in [0.2, 0.25) is 0 Å². The number of carbonyl (C=O) groups is 4. The number of aliphatic hydroxyl groups excluding tert-OH is 1.